The van der Waals surface area contributed by atoms with Crippen LogP contribution in [0.2, 0.25) is 0 Å². The fourth-order valence-corrected chi connectivity index (χ4v) is 4.45. The van der Waals surface area contributed by atoms with E-state index in [0.29, 0.717) is 12.4 Å². The van der Waals surface area contributed by atoms with Crippen LogP contribution in [0.4, 0.5) is 0 Å². The van der Waals surface area contributed by atoms with Crippen LogP contribution in [0.1, 0.15) is 11.3 Å². The first kappa shape index (κ1) is 16.4. The maximum atomic E-state index is 10.5. The number of hydrogen-bond acceptors (Lipinski definition) is 4. The van der Waals surface area contributed by atoms with E-state index in [4.69, 9.17) is 4.74 Å². The number of nitrogens with zero attached hydrogens (tertiary/aromatic N) is 1. The number of hydrogen-bond donors (Lipinski definition) is 2. The molecule has 27 heavy (non-hydrogen) atoms. The van der Waals surface area contributed by atoms with Crippen LogP contribution >= 0.6 is 11.3 Å². The molecule has 3 heterocycles. The van der Waals surface area contributed by atoms with Crippen molar-refractivity contribution in [2.24, 2.45) is 0 Å². The largest absolute Gasteiger partial charge is 0.504 e. The predicted molar refractivity (Wildman–Crippen MR) is 109 cm³/mol. The van der Waals surface area contributed by atoms with Crippen LogP contribution in [0.15, 0.2) is 60.0 Å². The number of nitrogens with one attached hydrogen (secondary N) is 1. The van der Waals surface area contributed by atoms with Gasteiger partial charge in [0.1, 0.15) is 6.61 Å². The predicted octanol–water partition coefficient (Wildman–Crippen LogP) is 5.00. The Kier molecular flexibility index (Phi) is 4.11. The Morgan fingerprint density at radius 2 is 2.04 bits per heavy atom. The van der Waals surface area contributed by atoms with Gasteiger partial charge in [-0.1, -0.05) is 24.3 Å². The maximum Gasteiger partial charge on any atom is 0.165 e. The van der Waals surface area contributed by atoms with E-state index in [-0.39, 0.29) is 5.75 Å². The fraction of sp³-hybridized carbons (Fsp3) is 0.182. The van der Waals surface area contributed by atoms with Gasteiger partial charge in [-0.2, -0.15) is 0 Å². The summed E-state index contributed by atoms with van der Waals surface area (Å²) in [6, 6.07) is 18.6. The second kappa shape index (κ2) is 6.76. The third-order valence-electron chi connectivity index (χ3n) is 4.98. The SMILES string of the molecule is Oc1cc(-c2cccs2)cc2c1OCCN(Cc1cc3ccccc3[nH]1)C2. The van der Waals surface area contributed by atoms with Gasteiger partial charge in [0.2, 0.25) is 0 Å². The van der Waals surface area contributed by atoms with Gasteiger partial charge in [-0.25, -0.2) is 0 Å². The highest BCUT2D eigenvalue weighted by Crippen LogP contribution is 2.38. The minimum atomic E-state index is 0.225. The average Bonchev–Trinajstić information content (AvgIpc) is 3.28. The van der Waals surface area contributed by atoms with E-state index in [2.05, 4.69) is 51.7 Å². The molecule has 1 aliphatic rings. The minimum Gasteiger partial charge on any atom is -0.504 e. The summed E-state index contributed by atoms with van der Waals surface area (Å²) in [7, 11) is 0. The van der Waals surface area contributed by atoms with E-state index >= 15 is 0 Å². The number of aromatic hydroxyl groups is 1. The van der Waals surface area contributed by atoms with Crippen LogP contribution in [0.5, 0.6) is 11.5 Å². The van der Waals surface area contributed by atoms with E-state index in [9.17, 15) is 5.11 Å². The first-order valence-electron chi connectivity index (χ1n) is 9.08. The smallest absolute Gasteiger partial charge is 0.165 e. The third kappa shape index (κ3) is 3.20. The first-order valence-corrected chi connectivity index (χ1v) is 9.96. The van der Waals surface area contributed by atoms with Crippen LogP contribution in [0.3, 0.4) is 0 Å². The summed E-state index contributed by atoms with van der Waals surface area (Å²) in [5.41, 5.74) is 4.43. The van der Waals surface area contributed by atoms with Crippen LogP contribution in [-0.4, -0.2) is 28.1 Å². The van der Waals surface area contributed by atoms with Crippen molar-refractivity contribution in [3.63, 3.8) is 0 Å². The molecule has 0 unspecified atom stereocenters. The van der Waals surface area contributed by atoms with E-state index < -0.39 is 0 Å². The van der Waals surface area contributed by atoms with Gasteiger partial charge in [0.25, 0.3) is 0 Å². The second-order valence-electron chi connectivity index (χ2n) is 6.90. The lowest BCUT2D eigenvalue weighted by Crippen LogP contribution is -2.25. The number of phenolic OH excluding ortho intramolecular Hbond substituents is 1. The van der Waals surface area contributed by atoms with Gasteiger partial charge in [-0.3, -0.25) is 4.90 Å². The molecule has 5 heteroatoms. The number of thiophene rings is 1. The van der Waals surface area contributed by atoms with Crippen LogP contribution in [-0.2, 0) is 13.1 Å². The third-order valence-corrected chi connectivity index (χ3v) is 5.90. The number of para-hydroxylation sites is 1. The number of aromatic nitrogens is 1. The quantitative estimate of drug-likeness (QED) is 0.529. The first-order chi connectivity index (χ1) is 13.3. The summed E-state index contributed by atoms with van der Waals surface area (Å²) >= 11 is 1.68. The highest BCUT2D eigenvalue weighted by Gasteiger charge is 2.20. The molecule has 0 amide bonds. The molecule has 2 aromatic heterocycles. The summed E-state index contributed by atoms with van der Waals surface area (Å²) in [6.07, 6.45) is 0. The molecule has 0 spiro atoms. The molecule has 0 bridgehead atoms. The van der Waals surface area contributed by atoms with Crippen molar-refractivity contribution < 1.29 is 9.84 Å². The molecule has 0 saturated carbocycles. The topological polar surface area (TPSA) is 48.5 Å². The Bertz CT molecular complexity index is 1050. The van der Waals surface area contributed by atoms with Gasteiger partial charge in [0.15, 0.2) is 11.5 Å². The van der Waals surface area contributed by atoms with Gasteiger partial charge in [0.05, 0.1) is 0 Å². The van der Waals surface area contributed by atoms with E-state index in [1.54, 1.807) is 17.4 Å². The molecule has 5 rings (SSSR count). The van der Waals surface area contributed by atoms with Crippen LogP contribution in [0.25, 0.3) is 21.3 Å². The molecule has 0 aliphatic carbocycles. The number of phenols is 1. The molecular formula is C22H20N2O2S. The molecule has 2 N–H and O–H groups in total. The highest BCUT2D eigenvalue weighted by atomic mass is 32.1. The Morgan fingerprint density at radius 3 is 2.89 bits per heavy atom. The number of ether oxygens (including phenoxy) is 1. The number of fused-ring (bicyclic) bond motifs is 2. The van der Waals surface area contributed by atoms with E-state index in [1.807, 2.05) is 12.1 Å². The normalized spacial score (nSPS) is 14.7. The number of benzene rings is 2. The maximum absolute atomic E-state index is 10.5. The highest BCUT2D eigenvalue weighted by molar-refractivity contribution is 7.13. The Labute approximate surface area is 161 Å². The van der Waals surface area contributed by atoms with Gasteiger partial charge in [0, 0.05) is 41.3 Å². The summed E-state index contributed by atoms with van der Waals surface area (Å²) < 4.78 is 5.88. The molecular weight excluding hydrogens is 356 g/mol. The fourth-order valence-electron chi connectivity index (χ4n) is 3.73. The van der Waals surface area contributed by atoms with Gasteiger partial charge < -0.3 is 14.8 Å². The molecule has 2 aromatic carbocycles. The molecule has 4 aromatic rings. The van der Waals surface area contributed by atoms with E-state index in [1.165, 1.54) is 11.1 Å². The Hall–Kier alpha value is -2.76. The van der Waals surface area contributed by atoms with Gasteiger partial charge in [-0.05, 0) is 46.7 Å². The monoisotopic (exact) mass is 376 g/mol. The van der Waals surface area contributed by atoms with E-state index in [0.717, 1.165) is 41.2 Å². The van der Waals surface area contributed by atoms with Crippen LogP contribution in [0, 0.1) is 0 Å². The zero-order valence-electron chi connectivity index (χ0n) is 14.8. The molecule has 4 nitrogen and oxygen atoms in total. The summed E-state index contributed by atoms with van der Waals surface area (Å²) in [6.45, 7) is 2.95. The zero-order chi connectivity index (χ0) is 18.2. The Morgan fingerprint density at radius 1 is 1.11 bits per heavy atom. The number of aromatic amines is 1. The molecule has 0 saturated heterocycles. The van der Waals surface area contributed by atoms with Crippen molar-refractivity contribution in [3.8, 4) is 21.9 Å². The van der Waals surface area contributed by atoms with Crippen molar-refractivity contribution >= 4 is 22.2 Å². The minimum absolute atomic E-state index is 0.225. The summed E-state index contributed by atoms with van der Waals surface area (Å²) in [5.74, 6) is 0.845. The number of H-pyrrole nitrogens is 1. The lowest BCUT2D eigenvalue weighted by molar-refractivity contribution is 0.216. The van der Waals surface area contributed by atoms with Crippen molar-refractivity contribution in [1.82, 2.24) is 9.88 Å². The molecule has 0 atom stereocenters. The van der Waals surface area contributed by atoms with Gasteiger partial charge >= 0.3 is 0 Å². The lowest BCUT2D eigenvalue weighted by atomic mass is 10.1. The second-order valence-corrected chi connectivity index (χ2v) is 7.85. The van der Waals surface area contributed by atoms with Gasteiger partial charge in [-0.15, -0.1) is 11.3 Å². The van der Waals surface area contributed by atoms with Crippen molar-refractivity contribution in [2.75, 3.05) is 13.2 Å². The van der Waals surface area contributed by atoms with Crippen molar-refractivity contribution in [3.05, 3.63) is 71.2 Å². The Balaban J connectivity index is 1.44. The standard InChI is InChI=1S/C22H20N2O2S/c25-20-12-16(21-6-3-9-27-21)10-17-13-24(7-8-26-22(17)20)14-18-11-15-4-1-2-5-19(15)23-18/h1-6,9-12,23,25H,7-8,13-14H2. The number of rotatable bonds is 3. The van der Waals surface area contributed by atoms with Crippen molar-refractivity contribution in [2.45, 2.75) is 13.1 Å². The van der Waals surface area contributed by atoms with Crippen molar-refractivity contribution in [1.29, 1.82) is 0 Å². The van der Waals surface area contributed by atoms with Crippen LogP contribution < -0.4 is 4.74 Å². The summed E-state index contributed by atoms with van der Waals surface area (Å²) in [5, 5.41) is 13.8. The molecule has 136 valence electrons. The lowest BCUT2D eigenvalue weighted by Gasteiger charge is -2.18. The zero-order valence-corrected chi connectivity index (χ0v) is 15.6. The molecule has 1 aliphatic heterocycles. The average molecular weight is 376 g/mol. The molecule has 0 fully saturated rings. The summed E-state index contributed by atoms with van der Waals surface area (Å²) in [4.78, 5) is 7.01. The molecule has 0 radical (unpaired) electrons.